The SMILES string of the molecule is CCOC(=O)C[C@H](NC(=O)c1cc2c(n(-c3ccc(OC)cc3)c1=O)CC(C)(C)CC2=O)c1ccc(C)cc1. The van der Waals surface area contributed by atoms with Crippen LogP contribution in [0.3, 0.4) is 0 Å². The number of amides is 1. The van der Waals surface area contributed by atoms with Crippen LogP contribution < -0.4 is 15.6 Å². The molecule has 0 spiro atoms. The van der Waals surface area contributed by atoms with Gasteiger partial charge in [0.25, 0.3) is 11.5 Å². The Morgan fingerprint density at radius 2 is 1.69 bits per heavy atom. The third-order valence-electron chi connectivity index (χ3n) is 6.92. The number of ketones is 1. The summed E-state index contributed by atoms with van der Waals surface area (Å²) in [7, 11) is 1.55. The highest BCUT2D eigenvalue weighted by Crippen LogP contribution is 2.35. The summed E-state index contributed by atoms with van der Waals surface area (Å²) in [5.74, 6) is -0.649. The van der Waals surface area contributed by atoms with Crippen LogP contribution >= 0.6 is 0 Å². The molecule has 2 aromatic carbocycles. The molecule has 0 aliphatic heterocycles. The second kappa shape index (κ2) is 11.3. The van der Waals surface area contributed by atoms with Gasteiger partial charge in [0.1, 0.15) is 11.3 Å². The van der Waals surface area contributed by atoms with Crippen LogP contribution in [0.4, 0.5) is 0 Å². The first-order valence-corrected chi connectivity index (χ1v) is 13.0. The maximum Gasteiger partial charge on any atom is 0.308 e. The number of pyridine rings is 1. The van der Waals surface area contributed by atoms with Crippen molar-refractivity contribution in [3.8, 4) is 11.4 Å². The second-order valence-electron chi connectivity index (χ2n) is 10.6. The van der Waals surface area contributed by atoms with Crippen LogP contribution in [0, 0.1) is 12.3 Å². The van der Waals surface area contributed by atoms with Crippen molar-refractivity contribution in [2.24, 2.45) is 5.41 Å². The Kier molecular flexibility index (Phi) is 8.04. The van der Waals surface area contributed by atoms with Gasteiger partial charge in [0, 0.05) is 23.4 Å². The molecule has 8 nitrogen and oxygen atoms in total. The average molecular weight is 531 g/mol. The summed E-state index contributed by atoms with van der Waals surface area (Å²) in [4.78, 5) is 53.2. The maximum atomic E-state index is 13.9. The first kappa shape index (κ1) is 27.8. The van der Waals surface area contributed by atoms with Crippen LogP contribution in [-0.4, -0.2) is 35.9 Å². The number of hydrogen-bond acceptors (Lipinski definition) is 6. The zero-order valence-corrected chi connectivity index (χ0v) is 23.0. The molecule has 1 aromatic heterocycles. The number of fused-ring (bicyclic) bond motifs is 1. The van der Waals surface area contributed by atoms with Crippen molar-refractivity contribution in [1.29, 1.82) is 0 Å². The Bertz CT molecular complexity index is 1450. The molecule has 0 radical (unpaired) electrons. The van der Waals surface area contributed by atoms with Gasteiger partial charge in [-0.2, -0.15) is 0 Å². The molecule has 3 aromatic rings. The molecule has 8 heteroatoms. The molecule has 1 N–H and O–H groups in total. The number of ether oxygens (including phenoxy) is 2. The first-order valence-electron chi connectivity index (χ1n) is 13.0. The second-order valence-corrected chi connectivity index (χ2v) is 10.6. The third kappa shape index (κ3) is 6.11. The van der Waals surface area contributed by atoms with E-state index in [9.17, 15) is 19.2 Å². The molecule has 4 rings (SSSR count). The van der Waals surface area contributed by atoms with Crippen molar-refractivity contribution >= 4 is 17.7 Å². The molecule has 1 heterocycles. The van der Waals surface area contributed by atoms with Crippen LogP contribution in [-0.2, 0) is 16.0 Å². The Hall–Kier alpha value is -4.20. The molecule has 204 valence electrons. The number of methoxy groups -OCH3 is 1. The zero-order valence-electron chi connectivity index (χ0n) is 23.0. The summed E-state index contributed by atoms with van der Waals surface area (Å²) in [5, 5.41) is 2.85. The lowest BCUT2D eigenvalue weighted by atomic mass is 9.75. The van der Waals surface area contributed by atoms with E-state index in [1.54, 1.807) is 38.3 Å². The van der Waals surface area contributed by atoms with E-state index in [0.29, 0.717) is 41.1 Å². The number of carbonyl (C=O) groups is 3. The molecule has 1 atom stereocenters. The highest BCUT2D eigenvalue weighted by molar-refractivity contribution is 6.02. The molecule has 0 fully saturated rings. The fraction of sp³-hybridized carbons (Fsp3) is 0.355. The van der Waals surface area contributed by atoms with Gasteiger partial charge >= 0.3 is 5.97 Å². The summed E-state index contributed by atoms with van der Waals surface area (Å²) in [6, 6.07) is 15.0. The number of carbonyl (C=O) groups excluding carboxylic acids is 3. The average Bonchev–Trinajstić information content (AvgIpc) is 2.88. The molecule has 0 saturated carbocycles. The molecule has 0 unspecified atom stereocenters. The highest BCUT2D eigenvalue weighted by atomic mass is 16.5. The van der Waals surface area contributed by atoms with Crippen molar-refractivity contribution in [3.05, 3.63) is 92.9 Å². The summed E-state index contributed by atoms with van der Waals surface area (Å²) in [6.45, 7) is 7.83. The fourth-order valence-electron chi connectivity index (χ4n) is 4.95. The lowest BCUT2D eigenvalue weighted by Crippen LogP contribution is -2.40. The van der Waals surface area contributed by atoms with Crippen LogP contribution in [0.1, 0.15) is 77.2 Å². The van der Waals surface area contributed by atoms with Crippen molar-refractivity contribution in [2.75, 3.05) is 13.7 Å². The van der Waals surface area contributed by atoms with E-state index in [0.717, 1.165) is 5.56 Å². The first-order chi connectivity index (χ1) is 18.5. The predicted octanol–water partition coefficient (Wildman–Crippen LogP) is 4.73. The monoisotopic (exact) mass is 530 g/mol. The van der Waals surface area contributed by atoms with Gasteiger partial charge in [0.15, 0.2) is 5.78 Å². The van der Waals surface area contributed by atoms with E-state index in [2.05, 4.69) is 5.32 Å². The largest absolute Gasteiger partial charge is 0.497 e. The number of nitrogens with zero attached hydrogens (tertiary/aromatic N) is 1. The van der Waals surface area contributed by atoms with Crippen molar-refractivity contribution in [2.45, 2.75) is 53.0 Å². The van der Waals surface area contributed by atoms with E-state index in [1.807, 2.05) is 45.0 Å². The van der Waals surface area contributed by atoms with E-state index in [4.69, 9.17) is 9.47 Å². The van der Waals surface area contributed by atoms with Gasteiger partial charge in [-0.1, -0.05) is 43.7 Å². The van der Waals surface area contributed by atoms with Gasteiger partial charge in [-0.3, -0.25) is 23.7 Å². The van der Waals surface area contributed by atoms with E-state index < -0.39 is 23.5 Å². The maximum absolute atomic E-state index is 13.9. The Morgan fingerprint density at radius 1 is 1.03 bits per heavy atom. The quantitative estimate of drug-likeness (QED) is 0.422. The van der Waals surface area contributed by atoms with Gasteiger partial charge < -0.3 is 14.8 Å². The van der Waals surface area contributed by atoms with Gasteiger partial charge in [0.2, 0.25) is 0 Å². The highest BCUT2D eigenvalue weighted by Gasteiger charge is 2.35. The Balaban J connectivity index is 1.81. The molecule has 1 amide bonds. The van der Waals surface area contributed by atoms with Crippen LogP contribution in [0.25, 0.3) is 5.69 Å². The smallest absolute Gasteiger partial charge is 0.308 e. The lowest BCUT2D eigenvalue weighted by molar-refractivity contribution is -0.143. The minimum absolute atomic E-state index is 0.104. The number of benzene rings is 2. The number of hydrogen-bond donors (Lipinski definition) is 1. The minimum Gasteiger partial charge on any atom is -0.497 e. The minimum atomic E-state index is -0.725. The van der Waals surface area contributed by atoms with Gasteiger partial charge in [-0.15, -0.1) is 0 Å². The molecule has 1 aliphatic carbocycles. The van der Waals surface area contributed by atoms with E-state index in [-0.39, 0.29) is 29.8 Å². The van der Waals surface area contributed by atoms with Crippen LogP contribution in [0.2, 0.25) is 0 Å². The predicted molar refractivity (Wildman–Crippen MR) is 148 cm³/mol. The summed E-state index contributed by atoms with van der Waals surface area (Å²) in [5.41, 5.74) is 2.13. The van der Waals surface area contributed by atoms with Crippen LogP contribution in [0.15, 0.2) is 59.4 Å². The van der Waals surface area contributed by atoms with Crippen molar-refractivity contribution in [3.63, 3.8) is 0 Å². The standard InChI is InChI=1S/C31H34N2O6/c1-6-39-28(35)16-25(20-9-7-19(2)8-10-20)32-29(36)24-15-23-26(17-31(3,4)18-27(23)34)33(30(24)37)21-11-13-22(38-5)14-12-21/h7-15,25H,6,16-18H2,1-5H3,(H,32,36)/t25-/m0/s1. The van der Waals surface area contributed by atoms with Crippen molar-refractivity contribution < 1.29 is 23.9 Å². The number of esters is 1. The number of nitrogens with one attached hydrogen (secondary N) is 1. The number of aromatic nitrogens is 1. The topological polar surface area (TPSA) is 104 Å². The Morgan fingerprint density at radius 3 is 2.31 bits per heavy atom. The van der Waals surface area contributed by atoms with Gasteiger partial charge in [-0.25, -0.2) is 0 Å². The summed E-state index contributed by atoms with van der Waals surface area (Å²) >= 11 is 0. The van der Waals surface area contributed by atoms with Gasteiger partial charge in [-0.05, 0) is 61.6 Å². The number of Topliss-reactive ketones (excluding diaryl/α,β-unsaturated/α-hetero) is 1. The normalized spacial score (nSPS) is 14.7. The third-order valence-corrected chi connectivity index (χ3v) is 6.92. The molecule has 39 heavy (non-hydrogen) atoms. The van der Waals surface area contributed by atoms with Crippen molar-refractivity contribution in [1.82, 2.24) is 9.88 Å². The van der Waals surface area contributed by atoms with E-state index >= 15 is 0 Å². The molecular weight excluding hydrogens is 496 g/mol. The lowest BCUT2D eigenvalue weighted by Gasteiger charge is -2.32. The van der Waals surface area contributed by atoms with Gasteiger partial charge in [0.05, 0.1) is 26.2 Å². The molecule has 0 bridgehead atoms. The fourth-order valence-corrected chi connectivity index (χ4v) is 4.95. The Labute approximate surface area is 228 Å². The summed E-state index contributed by atoms with van der Waals surface area (Å²) in [6.07, 6.45) is 0.691. The molecule has 1 aliphatic rings. The van der Waals surface area contributed by atoms with Crippen LogP contribution in [0.5, 0.6) is 5.75 Å². The zero-order chi connectivity index (χ0) is 28.3. The molecular formula is C31H34N2O6. The summed E-state index contributed by atoms with van der Waals surface area (Å²) < 4.78 is 11.8. The molecule has 0 saturated heterocycles. The van der Waals surface area contributed by atoms with E-state index in [1.165, 1.54) is 10.6 Å². The number of rotatable bonds is 8. The number of aryl methyl sites for hydroxylation is 1.